The SMILES string of the molecule is CCCCC1CC(O)=C(Sc2cc(C)c(CO)cc2C(C)(C)C)C(=O)O1. The lowest BCUT2D eigenvalue weighted by Gasteiger charge is -2.27. The molecule has 2 N–H and O–H groups in total. The minimum atomic E-state index is -0.441. The molecular formula is C21H30O4S. The Bertz CT molecular complexity index is 701. The van der Waals surface area contributed by atoms with Crippen LogP contribution in [0.2, 0.25) is 0 Å². The van der Waals surface area contributed by atoms with Gasteiger partial charge in [0.2, 0.25) is 0 Å². The molecule has 5 heteroatoms. The third-order valence-electron chi connectivity index (χ3n) is 4.65. The van der Waals surface area contributed by atoms with Crippen LogP contribution in [0.3, 0.4) is 0 Å². The third-order valence-corrected chi connectivity index (χ3v) is 5.81. The molecule has 0 aromatic heterocycles. The van der Waals surface area contributed by atoms with Gasteiger partial charge in [-0.15, -0.1) is 0 Å². The monoisotopic (exact) mass is 378 g/mol. The van der Waals surface area contributed by atoms with Gasteiger partial charge in [0.25, 0.3) is 0 Å². The molecule has 4 nitrogen and oxygen atoms in total. The van der Waals surface area contributed by atoms with Gasteiger partial charge in [0.15, 0.2) is 0 Å². The van der Waals surface area contributed by atoms with Crippen LogP contribution in [0.25, 0.3) is 0 Å². The van der Waals surface area contributed by atoms with Gasteiger partial charge in [-0.25, -0.2) is 4.79 Å². The van der Waals surface area contributed by atoms with E-state index in [9.17, 15) is 15.0 Å². The van der Waals surface area contributed by atoms with Crippen LogP contribution in [0.15, 0.2) is 27.7 Å². The van der Waals surface area contributed by atoms with Crippen molar-refractivity contribution in [1.82, 2.24) is 0 Å². The summed E-state index contributed by atoms with van der Waals surface area (Å²) in [7, 11) is 0. The lowest BCUT2D eigenvalue weighted by Crippen LogP contribution is -2.26. The van der Waals surface area contributed by atoms with Gasteiger partial charge in [-0.2, -0.15) is 0 Å². The van der Waals surface area contributed by atoms with E-state index in [2.05, 4.69) is 27.7 Å². The van der Waals surface area contributed by atoms with Gasteiger partial charge in [-0.1, -0.05) is 58.4 Å². The van der Waals surface area contributed by atoms with Crippen molar-refractivity contribution in [3.63, 3.8) is 0 Å². The molecule has 1 aromatic rings. The number of ether oxygens (including phenoxy) is 1. The van der Waals surface area contributed by atoms with Crippen molar-refractivity contribution >= 4 is 17.7 Å². The molecular weight excluding hydrogens is 348 g/mol. The largest absolute Gasteiger partial charge is 0.511 e. The molecule has 0 aliphatic carbocycles. The average molecular weight is 379 g/mol. The predicted octanol–water partition coefficient (Wildman–Crippen LogP) is 5.15. The Morgan fingerprint density at radius 3 is 2.54 bits per heavy atom. The summed E-state index contributed by atoms with van der Waals surface area (Å²) in [5.41, 5.74) is 2.73. The highest BCUT2D eigenvalue weighted by Gasteiger charge is 2.31. The topological polar surface area (TPSA) is 66.8 Å². The number of aliphatic hydroxyl groups excluding tert-OH is 2. The molecule has 144 valence electrons. The molecule has 0 saturated carbocycles. The summed E-state index contributed by atoms with van der Waals surface area (Å²) >= 11 is 1.27. The van der Waals surface area contributed by atoms with Crippen LogP contribution in [-0.4, -0.2) is 22.3 Å². The first-order valence-electron chi connectivity index (χ1n) is 9.23. The van der Waals surface area contributed by atoms with Crippen molar-refractivity contribution < 1.29 is 19.7 Å². The molecule has 1 aliphatic heterocycles. The van der Waals surface area contributed by atoms with Crippen molar-refractivity contribution in [3.8, 4) is 0 Å². The summed E-state index contributed by atoms with van der Waals surface area (Å²) in [5, 5.41) is 20.0. The molecule has 0 saturated heterocycles. The second-order valence-electron chi connectivity index (χ2n) is 7.93. The second-order valence-corrected chi connectivity index (χ2v) is 8.99. The molecule has 1 aliphatic rings. The Morgan fingerprint density at radius 2 is 2.00 bits per heavy atom. The van der Waals surface area contributed by atoms with E-state index in [4.69, 9.17) is 4.74 Å². The van der Waals surface area contributed by atoms with Crippen molar-refractivity contribution in [1.29, 1.82) is 0 Å². The number of benzene rings is 1. The number of unbranched alkanes of at least 4 members (excludes halogenated alkanes) is 1. The van der Waals surface area contributed by atoms with Gasteiger partial charge in [0.05, 0.1) is 6.61 Å². The number of esters is 1. The van der Waals surface area contributed by atoms with Gasteiger partial charge >= 0.3 is 5.97 Å². The van der Waals surface area contributed by atoms with Crippen molar-refractivity contribution in [2.45, 2.75) is 83.3 Å². The number of aliphatic hydroxyl groups is 2. The predicted molar refractivity (Wildman–Crippen MR) is 105 cm³/mol. The maximum atomic E-state index is 12.5. The molecule has 0 spiro atoms. The number of cyclic esters (lactones) is 1. The molecule has 1 aromatic carbocycles. The van der Waals surface area contributed by atoms with E-state index in [-0.39, 0.29) is 28.8 Å². The van der Waals surface area contributed by atoms with Gasteiger partial charge in [-0.05, 0) is 41.5 Å². The Kier molecular flexibility index (Phi) is 6.80. The van der Waals surface area contributed by atoms with Gasteiger partial charge < -0.3 is 14.9 Å². The first kappa shape index (κ1) is 20.8. The van der Waals surface area contributed by atoms with Crippen LogP contribution < -0.4 is 0 Å². The zero-order valence-corrected chi connectivity index (χ0v) is 17.2. The fraction of sp³-hybridized carbons (Fsp3) is 0.571. The van der Waals surface area contributed by atoms with Crippen molar-refractivity contribution in [3.05, 3.63) is 39.5 Å². The molecule has 1 unspecified atom stereocenters. The van der Waals surface area contributed by atoms with E-state index < -0.39 is 5.97 Å². The summed E-state index contributed by atoms with van der Waals surface area (Å²) in [5.74, 6) is -0.320. The van der Waals surface area contributed by atoms with Crippen molar-refractivity contribution in [2.24, 2.45) is 0 Å². The zero-order valence-electron chi connectivity index (χ0n) is 16.4. The molecule has 0 radical (unpaired) electrons. The van der Waals surface area contributed by atoms with Crippen LogP contribution >= 0.6 is 11.8 Å². The van der Waals surface area contributed by atoms with Crippen LogP contribution in [0.4, 0.5) is 0 Å². The number of rotatable bonds is 6. The number of hydrogen-bond donors (Lipinski definition) is 2. The fourth-order valence-corrected chi connectivity index (χ4v) is 4.31. The number of carbonyl (C=O) groups excluding carboxylic acids is 1. The number of thioether (sulfide) groups is 1. The summed E-state index contributed by atoms with van der Waals surface area (Å²) in [6, 6.07) is 3.97. The third kappa shape index (κ3) is 4.83. The molecule has 0 fully saturated rings. The summed E-state index contributed by atoms with van der Waals surface area (Å²) in [4.78, 5) is 13.6. The van der Waals surface area contributed by atoms with Crippen molar-refractivity contribution in [2.75, 3.05) is 0 Å². The first-order chi connectivity index (χ1) is 12.2. The van der Waals surface area contributed by atoms with E-state index >= 15 is 0 Å². The molecule has 1 atom stereocenters. The Balaban J connectivity index is 2.35. The van der Waals surface area contributed by atoms with Gasteiger partial charge in [0.1, 0.15) is 16.8 Å². The Hall–Kier alpha value is -1.46. The number of carbonyl (C=O) groups is 1. The average Bonchev–Trinajstić information content (AvgIpc) is 2.55. The smallest absolute Gasteiger partial charge is 0.348 e. The van der Waals surface area contributed by atoms with E-state index in [0.717, 1.165) is 40.8 Å². The summed E-state index contributed by atoms with van der Waals surface area (Å²) < 4.78 is 5.53. The highest BCUT2D eigenvalue weighted by atomic mass is 32.2. The lowest BCUT2D eigenvalue weighted by atomic mass is 9.85. The molecule has 2 rings (SSSR count). The van der Waals surface area contributed by atoms with E-state index in [1.807, 2.05) is 19.1 Å². The van der Waals surface area contributed by atoms with Crippen LogP contribution in [0.1, 0.15) is 70.1 Å². The van der Waals surface area contributed by atoms with E-state index in [1.54, 1.807) is 0 Å². The van der Waals surface area contributed by atoms with Gasteiger partial charge in [-0.3, -0.25) is 0 Å². The van der Waals surface area contributed by atoms with Gasteiger partial charge in [0, 0.05) is 11.3 Å². The van der Waals surface area contributed by atoms with Crippen LogP contribution in [0, 0.1) is 6.92 Å². The minimum Gasteiger partial charge on any atom is -0.511 e. The Morgan fingerprint density at radius 1 is 1.31 bits per heavy atom. The number of aryl methyl sites for hydroxylation is 1. The van der Waals surface area contributed by atoms with Crippen LogP contribution in [0.5, 0.6) is 0 Å². The zero-order chi connectivity index (χ0) is 19.5. The quantitative estimate of drug-likeness (QED) is 0.670. The maximum Gasteiger partial charge on any atom is 0.348 e. The van der Waals surface area contributed by atoms with E-state index in [0.29, 0.717) is 6.42 Å². The highest BCUT2D eigenvalue weighted by molar-refractivity contribution is 8.04. The molecule has 1 heterocycles. The fourth-order valence-electron chi connectivity index (χ4n) is 3.04. The number of hydrogen-bond acceptors (Lipinski definition) is 5. The normalized spacial score (nSPS) is 18.2. The van der Waals surface area contributed by atoms with E-state index in [1.165, 1.54) is 11.8 Å². The summed E-state index contributed by atoms with van der Waals surface area (Å²) in [6.07, 6.45) is 2.94. The Labute approximate surface area is 160 Å². The molecule has 26 heavy (non-hydrogen) atoms. The van der Waals surface area contributed by atoms with Crippen LogP contribution in [-0.2, 0) is 21.6 Å². The second kappa shape index (κ2) is 8.49. The minimum absolute atomic E-state index is 0.0189. The maximum absolute atomic E-state index is 12.5. The lowest BCUT2D eigenvalue weighted by molar-refractivity contribution is -0.146. The summed E-state index contributed by atoms with van der Waals surface area (Å²) in [6.45, 7) is 10.3. The highest BCUT2D eigenvalue weighted by Crippen LogP contribution is 2.41. The first-order valence-corrected chi connectivity index (χ1v) is 10.0. The standard InChI is InChI=1S/C21H30O4S/c1-6-7-8-15-11-17(23)19(20(24)25-15)26-18-9-13(2)14(12-22)10-16(18)21(3,4)5/h9-10,15,22-23H,6-8,11-12H2,1-5H3. The molecule has 0 bridgehead atoms. The molecule has 0 amide bonds.